The van der Waals surface area contributed by atoms with Gasteiger partial charge in [-0.05, 0) is 24.6 Å². The Kier molecular flexibility index (Phi) is 2.25. The number of benzene rings is 1. The fraction of sp³-hybridized carbons (Fsp3) is 0.364. The second-order valence-electron chi connectivity index (χ2n) is 3.61. The van der Waals surface area contributed by atoms with Crippen LogP contribution in [-0.4, -0.2) is 16.9 Å². The Labute approximate surface area is 82.3 Å². The molecule has 0 aliphatic carbocycles. The van der Waals surface area contributed by atoms with Gasteiger partial charge in [0.25, 0.3) is 0 Å². The number of hydrogen-bond donors (Lipinski definition) is 1. The summed E-state index contributed by atoms with van der Waals surface area (Å²) in [7, 11) is 0. The molecule has 3 heteroatoms. The lowest BCUT2D eigenvalue weighted by Crippen LogP contribution is -1.98. The van der Waals surface area contributed by atoms with Crippen molar-refractivity contribution < 1.29 is 9.63 Å². The SMILES string of the molecule is Cc1noc2ccc(C(C)CO)cc12. The van der Waals surface area contributed by atoms with Crippen molar-refractivity contribution in [1.82, 2.24) is 5.16 Å². The van der Waals surface area contributed by atoms with Gasteiger partial charge < -0.3 is 9.63 Å². The maximum absolute atomic E-state index is 9.04. The van der Waals surface area contributed by atoms with E-state index in [-0.39, 0.29) is 12.5 Å². The molecule has 0 fully saturated rings. The molecule has 2 aromatic rings. The fourth-order valence-corrected chi connectivity index (χ4v) is 1.49. The summed E-state index contributed by atoms with van der Waals surface area (Å²) in [4.78, 5) is 0. The van der Waals surface area contributed by atoms with Gasteiger partial charge >= 0.3 is 0 Å². The number of aliphatic hydroxyl groups is 1. The Balaban J connectivity index is 2.54. The van der Waals surface area contributed by atoms with Gasteiger partial charge in [-0.1, -0.05) is 18.1 Å². The number of nitrogens with zero attached hydrogens (tertiary/aromatic N) is 1. The Morgan fingerprint density at radius 1 is 1.50 bits per heavy atom. The van der Waals surface area contributed by atoms with Crippen LogP contribution in [-0.2, 0) is 0 Å². The third-order valence-electron chi connectivity index (χ3n) is 2.52. The van der Waals surface area contributed by atoms with E-state index < -0.39 is 0 Å². The average Bonchev–Trinajstić information content (AvgIpc) is 2.59. The van der Waals surface area contributed by atoms with Crippen molar-refractivity contribution in [1.29, 1.82) is 0 Å². The normalized spacial score (nSPS) is 13.4. The van der Waals surface area contributed by atoms with Gasteiger partial charge in [-0.25, -0.2) is 0 Å². The Bertz CT molecular complexity index is 447. The molecule has 0 bridgehead atoms. The van der Waals surface area contributed by atoms with Gasteiger partial charge in [-0.3, -0.25) is 0 Å². The van der Waals surface area contributed by atoms with Gasteiger partial charge in [0.2, 0.25) is 0 Å². The van der Waals surface area contributed by atoms with Crippen LogP contribution in [0.4, 0.5) is 0 Å². The molecule has 0 aliphatic rings. The van der Waals surface area contributed by atoms with Crippen LogP contribution in [0.1, 0.15) is 24.1 Å². The molecule has 1 aromatic heterocycles. The first-order valence-corrected chi connectivity index (χ1v) is 4.69. The highest BCUT2D eigenvalue weighted by Crippen LogP contribution is 2.23. The molecular formula is C11H13NO2. The molecule has 3 nitrogen and oxygen atoms in total. The van der Waals surface area contributed by atoms with Crippen LogP contribution >= 0.6 is 0 Å². The molecule has 0 radical (unpaired) electrons. The van der Waals surface area contributed by atoms with Crippen molar-refractivity contribution in [3.05, 3.63) is 29.5 Å². The van der Waals surface area contributed by atoms with Crippen molar-refractivity contribution in [2.75, 3.05) is 6.61 Å². The third kappa shape index (κ3) is 1.40. The van der Waals surface area contributed by atoms with Crippen molar-refractivity contribution >= 4 is 11.0 Å². The molecule has 0 saturated heterocycles. The molecule has 0 amide bonds. The second-order valence-corrected chi connectivity index (χ2v) is 3.61. The largest absolute Gasteiger partial charge is 0.396 e. The molecular weight excluding hydrogens is 178 g/mol. The Morgan fingerprint density at radius 3 is 3.00 bits per heavy atom. The maximum atomic E-state index is 9.04. The number of fused-ring (bicyclic) bond motifs is 1. The standard InChI is InChI=1S/C11H13NO2/c1-7(6-13)9-3-4-11-10(5-9)8(2)12-14-11/h3-5,7,13H,6H2,1-2H3. The molecule has 2 rings (SSSR count). The first-order valence-electron chi connectivity index (χ1n) is 4.69. The van der Waals surface area contributed by atoms with Crippen molar-refractivity contribution in [3.8, 4) is 0 Å². The smallest absolute Gasteiger partial charge is 0.167 e. The van der Waals surface area contributed by atoms with E-state index in [0.717, 1.165) is 22.2 Å². The number of aromatic nitrogens is 1. The van der Waals surface area contributed by atoms with Gasteiger partial charge in [0.1, 0.15) is 0 Å². The zero-order chi connectivity index (χ0) is 10.1. The zero-order valence-corrected chi connectivity index (χ0v) is 8.32. The summed E-state index contributed by atoms with van der Waals surface area (Å²) in [5.41, 5.74) is 2.81. The van der Waals surface area contributed by atoms with E-state index in [0.29, 0.717) is 0 Å². The first kappa shape index (κ1) is 9.21. The van der Waals surface area contributed by atoms with Gasteiger partial charge in [0.15, 0.2) is 5.58 Å². The Hall–Kier alpha value is -1.35. The van der Waals surface area contributed by atoms with Crippen LogP contribution in [0.5, 0.6) is 0 Å². The predicted molar refractivity (Wildman–Crippen MR) is 54.2 cm³/mol. The number of hydrogen-bond acceptors (Lipinski definition) is 3. The molecule has 0 spiro atoms. The van der Waals surface area contributed by atoms with Crippen LogP contribution in [0.3, 0.4) is 0 Å². The number of aryl methyl sites for hydroxylation is 1. The van der Waals surface area contributed by atoms with E-state index in [1.807, 2.05) is 32.0 Å². The van der Waals surface area contributed by atoms with Crippen molar-refractivity contribution in [2.24, 2.45) is 0 Å². The number of rotatable bonds is 2. The van der Waals surface area contributed by atoms with Crippen LogP contribution < -0.4 is 0 Å². The summed E-state index contributed by atoms with van der Waals surface area (Å²) in [6.45, 7) is 4.07. The van der Waals surface area contributed by atoms with Gasteiger partial charge in [-0.2, -0.15) is 0 Å². The molecule has 1 heterocycles. The average molecular weight is 191 g/mol. The quantitative estimate of drug-likeness (QED) is 0.791. The monoisotopic (exact) mass is 191 g/mol. The minimum atomic E-state index is 0.161. The molecule has 14 heavy (non-hydrogen) atoms. The van der Waals surface area contributed by atoms with Crippen LogP contribution in [0.25, 0.3) is 11.0 Å². The maximum Gasteiger partial charge on any atom is 0.167 e. The van der Waals surface area contributed by atoms with Gasteiger partial charge in [0, 0.05) is 17.9 Å². The zero-order valence-electron chi connectivity index (χ0n) is 8.32. The minimum absolute atomic E-state index is 0.161. The van der Waals surface area contributed by atoms with Gasteiger partial charge in [-0.15, -0.1) is 0 Å². The van der Waals surface area contributed by atoms with E-state index in [2.05, 4.69) is 5.16 Å². The lowest BCUT2D eigenvalue weighted by atomic mass is 10.0. The van der Waals surface area contributed by atoms with Crippen LogP contribution in [0, 0.1) is 6.92 Å². The van der Waals surface area contributed by atoms with Crippen LogP contribution in [0.15, 0.2) is 22.7 Å². The lowest BCUT2D eigenvalue weighted by molar-refractivity contribution is 0.273. The molecule has 0 aliphatic heterocycles. The summed E-state index contributed by atoms with van der Waals surface area (Å²) >= 11 is 0. The highest BCUT2D eigenvalue weighted by molar-refractivity contribution is 5.80. The van der Waals surface area contributed by atoms with E-state index in [1.165, 1.54) is 0 Å². The van der Waals surface area contributed by atoms with E-state index in [4.69, 9.17) is 9.63 Å². The molecule has 1 aromatic carbocycles. The number of aliphatic hydroxyl groups excluding tert-OH is 1. The lowest BCUT2D eigenvalue weighted by Gasteiger charge is -2.07. The third-order valence-corrected chi connectivity index (χ3v) is 2.52. The summed E-state index contributed by atoms with van der Waals surface area (Å²) in [6, 6.07) is 5.90. The molecule has 1 atom stereocenters. The molecule has 0 saturated carbocycles. The van der Waals surface area contributed by atoms with E-state index in [9.17, 15) is 0 Å². The molecule has 1 unspecified atom stereocenters. The topological polar surface area (TPSA) is 46.3 Å². The fourth-order valence-electron chi connectivity index (χ4n) is 1.49. The van der Waals surface area contributed by atoms with E-state index >= 15 is 0 Å². The first-order chi connectivity index (χ1) is 6.72. The van der Waals surface area contributed by atoms with Crippen molar-refractivity contribution in [3.63, 3.8) is 0 Å². The Morgan fingerprint density at radius 2 is 2.29 bits per heavy atom. The summed E-state index contributed by atoms with van der Waals surface area (Å²) in [6.07, 6.45) is 0. The van der Waals surface area contributed by atoms with Crippen LogP contribution in [0.2, 0.25) is 0 Å². The minimum Gasteiger partial charge on any atom is -0.396 e. The van der Waals surface area contributed by atoms with Crippen molar-refractivity contribution in [2.45, 2.75) is 19.8 Å². The van der Waals surface area contributed by atoms with Gasteiger partial charge in [0.05, 0.1) is 5.69 Å². The second kappa shape index (κ2) is 3.42. The molecule has 1 N–H and O–H groups in total. The summed E-state index contributed by atoms with van der Waals surface area (Å²) in [5, 5.41) is 14.0. The predicted octanol–water partition coefficient (Wildman–Crippen LogP) is 2.23. The molecule has 74 valence electrons. The highest BCUT2D eigenvalue weighted by Gasteiger charge is 2.08. The summed E-state index contributed by atoms with van der Waals surface area (Å²) < 4.78 is 5.10. The van der Waals surface area contributed by atoms with E-state index in [1.54, 1.807) is 0 Å². The summed E-state index contributed by atoms with van der Waals surface area (Å²) in [5.74, 6) is 0.161. The highest BCUT2D eigenvalue weighted by atomic mass is 16.5.